The molecule has 0 fully saturated rings. The SMILES string of the molecule is CC(NC(=O)c1ccc([N+](=O)[O-])s1)c1ccc(Cl)c(Cl)c1. The molecule has 1 aromatic heterocycles. The van der Waals surface area contributed by atoms with Crippen molar-refractivity contribution in [2.45, 2.75) is 13.0 Å². The summed E-state index contributed by atoms with van der Waals surface area (Å²) in [7, 11) is 0. The van der Waals surface area contributed by atoms with Gasteiger partial charge in [-0.25, -0.2) is 0 Å². The van der Waals surface area contributed by atoms with Crippen LogP contribution in [0.4, 0.5) is 5.00 Å². The molecule has 110 valence electrons. The van der Waals surface area contributed by atoms with Gasteiger partial charge in [-0.05, 0) is 30.7 Å². The zero-order valence-corrected chi connectivity index (χ0v) is 13.1. The van der Waals surface area contributed by atoms with Gasteiger partial charge in [-0.2, -0.15) is 0 Å². The number of amides is 1. The normalized spacial score (nSPS) is 12.0. The Morgan fingerprint density at radius 1 is 1.29 bits per heavy atom. The highest BCUT2D eigenvalue weighted by molar-refractivity contribution is 7.17. The van der Waals surface area contributed by atoms with Crippen LogP contribution in [0.15, 0.2) is 30.3 Å². The van der Waals surface area contributed by atoms with Crippen molar-refractivity contribution in [3.8, 4) is 0 Å². The monoisotopic (exact) mass is 344 g/mol. The van der Waals surface area contributed by atoms with E-state index >= 15 is 0 Å². The van der Waals surface area contributed by atoms with E-state index in [9.17, 15) is 14.9 Å². The number of rotatable bonds is 4. The summed E-state index contributed by atoms with van der Waals surface area (Å²) in [4.78, 5) is 22.4. The van der Waals surface area contributed by atoms with Crippen molar-refractivity contribution in [3.05, 3.63) is 60.9 Å². The van der Waals surface area contributed by atoms with E-state index in [-0.39, 0.29) is 21.8 Å². The Bertz CT molecular complexity index is 702. The van der Waals surface area contributed by atoms with E-state index in [1.54, 1.807) is 25.1 Å². The van der Waals surface area contributed by atoms with Gasteiger partial charge >= 0.3 is 5.00 Å². The molecule has 1 N–H and O–H groups in total. The highest BCUT2D eigenvalue weighted by atomic mass is 35.5. The van der Waals surface area contributed by atoms with E-state index in [1.165, 1.54) is 12.1 Å². The van der Waals surface area contributed by atoms with Crippen LogP contribution in [0.3, 0.4) is 0 Å². The van der Waals surface area contributed by atoms with Gasteiger partial charge in [0.2, 0.25) is 0 Å². The van der Waals surface area contributed by atoms with Gasteiger partial charge in [0.1, 0.15) is 0 Å². The van der Waals surface area contributed by atoms with E-state index in [2.05, 4.69) is 5.32 Å². The van der Waals surface area contributed by atoms with Crippen LogP contribution in [0.5, 0.6) is 0 Å². The maximum atomic E-state index is 12.0. The summed E-state index contributed by atoms with van der Waals surface area (Å²) in [5.41, 5.74) is 0.795. The number of nitro groups is 1. The first-order valence-electron chi connectivity index (χ1n) is 5.88. The van der Waals surface area contributed by atoms with Crippen molar-refractivity contribution < 1.29 is 9.72 Å². The van der Waals surface area contributed by atoms with Crippen molar-refractivity contribution in [2.75, 3.05) is 0 Å². The van der Waals surface area contributed by atoms with E-state index in [0.29, 0.717) is 10.0 Å². The Balaban J connectivity index is 2.10. The van der Waals surface area contributed by atoms with Crippen LogP contribution in [0.1, 0.15) is 28.2 Å². The fourth-order valence-corrected chi connectivity index (χ4v) is 2.71. The highest BCUT2D eigenvalue weighted by Gasteiger charge is 2.17. The minimum absolute atomic E-state index is 0.0673. The van der Waals surface area contributed by atoms with Crippen molar-refractivity contribution in [1.82, 2.24) is 5.32 Å². The van der Waals surface area contributed by atoms with Gasteiger partial charge in [-0.1, -0.05) is 40.6 Å². The molecule has 1 amide bonds. The van der Waals surface area contributed by atoms with Crippen molar-refractivity contribution >= 4 is 45.4 Å². The molecule has 0 aliphatic carbocycles. The first-order chi connectivity index (χ1) is 9.88. The zero-order valence-electron chi connectivity index (χ0n) is 10.8. The molecule has 1 heterocycles. The second-order valence-corrected chi connectivity index (χ2v) is 6.14. The first-order valence-corrected chi connectivity index (χ1v) is 7.45. The van der Waals surface area contributed by atoms with Crippen LogP contribution >= 0.6 is 34.5 Å². The minimum Gasteiger partial charge on any atom is -0.345 e. The van der Waals surface area contributed by atoms with Crippen LogP contribution in [0, 0.1) is 10.1 Å². The average Bonchev–Trinajstić information content (AvgIpc) is 2.91. The molecule has 0 aliphatic rings. The van der Waals surface area contributed by atoms with E-state index in [0.717, 1.165) is 16.9 Å². The fraction of sp³-hybridized carbons (Fsp3) is 0.154. The van der Waals surface area contributed by atoms with Gasteiger partial charge in [0.25, 0.3) is 5.91 Å². The Kier molecular flexibility index (Phi) is 4.82. The number of hydrogen-bond acceptors (Lipinski definition) is 4. The third-order valence-electron chi connectivity index (χ3n) is 2.79. The summed E-state index contributed by atoms with van der Waals surface area (Å²) in [6.45, 7) is 1.79. The molecule has 5 nitrogen and oxygen atoms in total. The van der Waals surface area contributed by atoms with Gasteiger partial charge in [-0.3, -0.25) is 14.9 Å². The number of thiophene rings is 1. The van der Waals surface area contributed by atoms with E-state index in [1.807, 2.05) is 0 Å². The lowest BCUT2D eigenvalue weighted by Crippen LogP contribution is -2.25. The lowest BCUT2D eigenvalue weighted by atomic mass is 10.1. The van der Waals surface area contributed by atoms with Crippen molar-refractivity contribution in [3.63, 3.8) is 0 Å². The minimum atomic E-state index is -0.524. The van der Waals surface area contributed by atoms with Crippen molar-refractivity contribution in [2.24, 2.45) is 0 Å². The summed E-state index contributed by atoms with van der Waals surface area (Å²) in [5.74, 6) is -0.369. The van der Waals surface area contributed by atoms with E-state index in [4.69, 9.17) is 23.2 Å². The molecule has 21 heavy (non-hydrogen) atoms. The molecule has 1 unspecified atom stereocenters. The lowest BCUT2D eigenvalue weighted by Gasteiger charge is -2.14. The van der Waals surface area contributed by atoms with Crippen LogP contribution < -0.4 is 5.32 Å². The Hall–Kier alpha value is -1.63. The maximum Gasteiger partial charge on any atom is 0.324 e. The predicted molar refractivity (Wildman–Crippen MR) is 83.3 cm³/mol. The van der Waals surface area contributed by atoms with E-state index < -0.39 is 4.92 Å². The number of halogens is 2. The summed E-state index contributed by atoms with van der Waals surface area (Å²) < 4.78 is 0. The number of nitrogens with zero attached hydrogens (tertiary/aromatic N) is 1. The third kappa shape index (κ3) is 3.72. The third-order valence-corrected chi connectivity index (χ3v) is 4.56. The number of benzene rings is 1. The molecule has 2 rings (SSSR count). The Labute approximate surface area is 134 Å². The zero-order chi connectivity index (χ0) is 15.6. The molecule has 1 aromatic carbocycles. The molecule has 0 spiro atoms. The van der Waals surface area contributed by atoms with Crippen LogP contribution in [0.25, 0.3) is 0 Å². The quantitative estimate of drug-likeness (QED) is 0.657. The lowest BCUT2D eigenvalue weighted by molar-refractivity contribution is -0.380. The Morgan fingerprint density at radius 3 is 2.57 bits per heavy atom. The topological polar surface area (TPSA) is 72.2 Å². The number of carbonyl (C=O) groups is 1. The van der Waals surface area contributed by atoms with Crippen LogP contribution in [-0.4, -0.2) is 10.8 Å². The molecular weight excluding hydrogens is 335 g/mol. The molecule has 0 saturated heterocycles. The van der Waals surface area contributed by atoms with Crippen LogP contribution in [0.2, 0.25) is 10.0 Å². The first kappa shape index (κ1) is 15.8. The molecule has 1 atom stereocenters. The number of carbonyl (C=O) groups excluding carboxylic acids is 1. The number of nitrogens with one attached hydrogen (secondary N) is 1. The molecule has 0 saturated carbocycles. The summed E-state index contributed by atoms with van der Waals surface area (Å²) >= 11 is 12.6. The second-order valence-electron chi connectivity index (χ2n) is 4.26. The fourth-order valence-electron chi connectivity index (χ4n) is 1.68. The summed E-state index contributed by atoms with van der Waals surface area (Å²) in [6.07, 6.45) is 0. The smallest absolute Gasteiger partial charge is 0.324 e. The largest absolute Gasteiger partial charge is 0.345 e. The second kappa shape index (κ2) is 6.43. The van der Waals surface area contributed by atoms with Crippen LogP contribution in [-0.2, 0) is 0 Å². The van der Waals surface area contributed by atoms with Gasteiger partial charge in [0.05, 0.1) is 25.9 Å². The van der Waals surface area contributed by atoms with Gasteiger partial charge in [0, 0.05) is 6.07 Å². The average molecular weight is 345 g/mol. The molecule has 8 heteroatoms. The molecule has 0 bridgehead atoms. The van der Waals surface area contributed by atoms with Gasteiger partial charge < -0.3 is 5.32 Å². The molecule has 2 aromatic rings. The standard InChI is InChI=1S/C13H10Cl2N2O3S/c1-7(8-2-3-9(14)10(15)6-8)16-13(18)11-4-5-12(21-11)17(19)20/h2-7H,1H3,(H,16,18). The summed E-state index contributed by atoms with van der Waals surface area (Å²) in [6, 6.07) is 7.52. The Morgan fingerprint density at radius 2 is 2.00 bits per heavy atom. The molecular formula is C13H10Cl2N2O3S. The molecule has 0 aliphatic heterocycles. The van der Waals surface area contributed by atoms with Gasteiger partial charge in [0.15, 0.2) is 0 Å². The predicted octanol–water partition coefficient (Wildman–Crippen LogP) is 4.45. The highest BCUT2D eigenvalue weighted by Crippen LogP contribution is 2.27. The summed E-state index contributed by atoms with van der Waals surface area (Å²) in [5, 5.41) is 14.1. The molecule has 0 radical (unpaired) electrons. The number of hydrogen-bond donors (Lipinski definition) is 1. The van der Waals surface area contributed by atoms with Gasteiger partial charge in [-0.15, -0.1) is 0 Å². The van der Waals surface area contributed by atoms with Crippen molar-refractivity contribution in [1.29, 1.82) is 0 Å². The maximum absolute atomic E-state index is 12.0.